The van der Waals surface area contributed by atoms with E-state index in [9.17, 15) is 14.7 Å². The third kappa shape index (κ3) is 2.87. The van der Waals surface area contributed by atoms with E-state index in [-0.39, 0.29) is 18.5 Å². The lowest BCUT2D eigenvalue weighted by atomic mass is 9.90. The molecule has 1 fully saturated rings. The second-order valence-corrected chi connectivity index (χ2v) is 4.50. The van der Waals surface area contributed by atoms with E-state index < -0.39 is 17.4 Å². The van der Waals surface area contributed by atoms with Crippen molar-refractivity contribution in [2.45, 2.75) is 25.3 Å². The van der Waals surface area contributed by atoms with Crippen molar-refractivity contribution in [1.82, 2.24) is 15.3 Å². The number of hydrogen-bond donors (Lipinski definition) is 2. The SMILES string of the molecule is Cc1cnc(C(=O)NC2(C(=O)O)CCOCC2)cn1. The molecule has 19 heavy (non-hydrogen) atoms. The Balaban J connectivity index is 2.15. The zero-order valence-corrected chi connectivity index (χ0v) is 10.5. The standard InChI is InChI=1S/C12H15N3O4/c1-8-6-14-9(7-13-8)10(16)15-12(11(17)18)2-4-19-5-3-12/h6-7H,2-5H2,1H3,(H,15,16)(H,17,18). The molecule has 0 spiro atoms. The molecule has 2 rings (SSSR count). The molecule has 1 aromatic heterocycles. The van der Waals surface area contributed by atoms with E-state index in [1.807, 2.05) is 0 Å². The van der Waals surface area contributed by atoms with E-state index in [0.717, 1.165) is 0 Å². The van der Waals surface area contributed by atoms with Gasteiger partial charge in [-0.1, -0.05) is 0 Å². The average molecular weight is 265 g/mol. The fourth-order valence-corrected chi connectivity index (χ4v) is 1.90. The number of carboxylic acid groups (broad SMARTS) is 1. The number of aromatic nitrogens is 2. The molecule has 0 aromatic carbocycles. The topological polar surface area (TPSA) is 101 Å². The minimum atomic E-state index is -1.28. The molecule has 1 aliphatic heterocycles. The molecule has 7 heteroatoms. The van der Waals surface area contributed by atoms with Crippen LogP contribution in [0.15, 0.2) is 12.4 Å². The van der Waals surface area contributed by atoms with Crippen molar-refractivity contribution in [2.75, 3.05) is 13.2 Å². The maximum absolute atomic E-state index is 12.0. The summed E-state index contributed by atoms with van der Waals surface area (Å²) < 4.78 is 5.14. The summed E-state index contributed by atoms with van der Waals surface area (Å²) in [5.74, 6) is -1.58. The lowest BCUT2D eigenvalue weighted by Gasteiger charge is -2.33. The highest BCUT2D eigenvalue weighted by molar-refractivity contribution is 5.96. The third-order valence-electron chi connectivity index (χ3n) is 3.12. The lowest BCUT2D eigenvalue weighted by molar-refractivity contribution is -0.148. The van der Waals surface area contributed by atoms with Gasteiger partial charge in [0.15, 0.2) is 0 Å². The maximum atomic E-state index is 12.0. The van der Waals surface area contributed by atoms with Gasteiger partial charge in [-0.25, -0.2) is 9.78 Å². The highest BCUT2D eigenvalue weighted by Gasteiger charge is 2.41. The fraction of sp³-hybridized carbons (Fsp3) is 0.500. The van der Waals surface area contributed by atoms with Crippen molar-refractivity contribution in [3.8, 4) is 0 Å². The molecule has 2 heterocycles. The molecule has 0 atom stereocenters. The Morgan fingerprint density at radius 2 is 2.00 bits per heavy atom. The van der Waals surface area contributed by atoms with Crippen LogP contribution in [-0.2, 0) is 9.53 Å². The van der Waals surface area contributed by atoms with Crippen molar-refractivity contribution in [3.63, 3.8) is 0 Å². The van der Waals surface area contributed by atoms with E-state index in [0.29, 0.717) is 18.9 Å². The summed E-state index contributed by atoms with van der Waals surface area (Å²) >= 11 is 0. The number of aliphatic carboxylic acids is 1. The Hall–Kier alpha value is -2.02. The average Bonchev–Trinajstić information content (AvgIpc) is 2.40. The number of carboxylic acids is 1. The minimum Gasteiger partial charge on any atom is -0.480 e. The van der Waals surface area contributed by atoms with Gasteiger partial charge in [0.1, 0.15) is 11.2 Å². The van der Waals surface area contributed by atoms with E-state index in [1.165, 1.54) is 12.4 Å². The van der Waals surface area contributed by atoms with Gasteiger partial charge >= 0.3 is 5.97 Å². The fourth-order valence-electron chi connectivity index (χ4n) is 1.90. The molecular formula is C12H15N3O4. The normalized spacial score (nSPS) is 17.7. The van der Waals surface area contributed by atoms with Gasteiger partial charge in [0.2, 0.25) is 0 Å². The van der Waals surface area contributed by atoms with Gasteiger partial charge in [-0.3, -0.25) is 9.78 Å². The molecule has 7 nitrogen and oxygen atoms in total. The molecule has 0 unspecified atom stereocenters. The van der Waals surface area contributed by atoms with Crippen LogP contribution in [0.1, 0.15) is 29.0 Å². The number of aryl methyl sites for hydroxylation is 1. The first-order chi connectivity index (χ1) is 9.03. The van der Waals surface area contributed by atoms with Crippen molar-refractivity contribution in [2.24, 2.45) is 0 Å². The predicted octanol–water partition coefficient (Wildman–Crippen LogP) is 0.149. The van der Waals surface area contributed by atoms with Crippen molar-refractivity contribution >= 4 is 11.9 Å². The van der Waals surface area contributed by atoms with Gasteiger partial charge in [0.25, 0.3) is 5.91 Å². The van der Waals surface area contributed by atoms with Gasteiger partial charge in [0, 0.05) is 32.3 Å². The van der Waals surface area contributed by atoms with E-state index in [4.69, 9.17) is 4.74 Å². The van der Waals surface area contributed by atoms with Crippen LogP contribution >= 0.6 is 0 Å². The highest BCUT2D eigenvalue weighted by atomic mass is 16.5. The Morgan fingerprint density at radius 1 is 1.32 bits per heavy atom. The van der Waals surface area contributed by atoms with E-state index >= 15 is 0 Å². The van der Waals surface area contributed by atoms with Crippen LogP contribution in [0.4, 0.5) is 0 Å². The second-order valence-electron chi connectivity index (χ2n) is 4.50. The molecule has 0 radical (unpaired) electrons. The molecule has 1 aliphatic rings. The predicted molar refractivity (Wildman–Crippen MR) is 64.7 cm³/mol. The number of carbonyl (C=O) groups excluding carboxylic acids is 1. The van der Waals surface area contributed by atoms with Crippen molar-refractivity contribution in [3.05, 3.63) is 23.8 Å². The van der Waals surface area contributed by atoms with Crippen molar-refractivity contribution in [1.29, 1.82) is 0 Å². The number of hydrogen-bond acceptors (Lipinski definition) is 5. The zero-order valence-electron chi connectivity index (χ0n) is 10.5. The molecule has 2 N–H and O–H groups in total. The first kappa shape index (κ1) is 13.4. The van der Waals surface area contributed by atoms with Crippen LogP contribution in [0.5, 0.6) is 0 Å². The van der Waals surface area contributed by atoms with Crippen molar-refractivity contribution < 1.29 is 19.4 Å². The number of carbonyl (C=O) groups is 2. The molecular weight excluding hydrogens is 250 g/mol. The van der Waals surface area contributed by atoms with Gasteiger partial charge in [-0.15, -0.1) is 0 Å². The van der Waals surface area contributed by atoms with Crippen LogP contribution in [0.2, 0.25) is 0 Å². The number of nitrogens with zero attached hydrogens (tertiary/aromatic N) is 2. The largest absolute Gasteiger partial charge is 0.480 e. The quantitative estimate of drug-likeness (QED) is 0.806. The monoisotopic (exact) mass is 265 g/mol. The molecule has 0 bridgehead atoms. The van der Waals surface area contributed by atoms with Crippen LogP contribution in [0.3, 0.4) is 0 Å². The summed E-state index contributed by atoms with van der Waals surface area (Å²) in [7, 11) is 0. The van der Waals surface area contributed by atoms with E-state index in [1.54, 1.807) is 6.92 Å². The number of amides is 1. The number of rotatable bonds is 3. The summed E-state index contributed by atoms with van der Waals surface area (Å²) in [5.41, 5.74) is -0.477. The highest BCUT2D eigenvalue weighted by Crippen LogP contribution is 2.21. The number of nitrogens with one attached hydrogen (secondary N) is 1. The van der Waals surface area contributed by atoms with Crippen LogP contribution in [0, 0.1) is 6.92 Å². The number of ether oxygens (including phenoxy) is 1. The smallest absolute Gasteiger partial charge is 0.329 e. The second kappa shape index (κ2) is 5.31. The molecule has 0 saturated carbocycles. The van der Waals surface area contributed by atoms with Crippen LogP contribution < -0.4 is 5.32 Å². The summed E-state index contributed by atoms with van der Waals surface area (Å²) in [4.78, 5) is 31.3. The minimum absolute atomic E-state index is 0.109. The van der Waals surface area contributed by atoms with Gasteiger partial charge < -0.3 is 15.2 Å². The Morgan fingerprint density at radius 3 is 2.53 bits per heavy atom. The zero-order chi connectivity index (χ0) is 13.9. The van der Waals surface area contributed by atoms with Gasteiger partial charge in [0.05, 0.1) is 11.9 Å². The third-order valence-corrected chi connectivity index (χ3v) is 3.12. The molecule has 0 aliphatic carbocycles. The molecule has 102 valence electrons. The van der Waals surface area contributed by atoms with Crippen LogP contribution in [0.25, 0.3) is 0 Å². The lowest BCUT2D eigenvalue weighted by Crippen LogP contribution is -2.57. The Labute approximate surface area is 110 Å². The Kier molecular flexibility index (Phi) is 3.75. The Bertz CT molecular complexity index is 480. The van der Waals surface area contributed by atoms with Gasteiger partial charge in [-0.05, 0) is 6.92 Å². The maximum Gasteiger partial charge on any atom is 0.329 e. The van der Waals surface area contributed by atoms with E-state index in [2.05, 4.69) is 15.3 Å². The summed E-state index contributed by atoms with van der Waals surface area (Å²) in [6, 6.07) is 0. The molecule has 1 saturated heterocycles. The first-order valence-corrected chi connectivity index (χ1v) is 5.96. The molecule has 1 amide bonds. The summed E-state index contributed by atoms with van der Waals surface area (Å²) in [5, 5.41) is 11.9. The van der Waals surface area contributed by atoms with Crippen LogP contribution in [-0.4, -0.2) is 45.7 Å². The van der Waals surface area contributed by atoms with Gasteiger partial charge in [-0.2, -0.15) is 0 Å². The summed E-state index contributed by atoms with van der Waals surface area (Å²) in [6.07, 6.45) is 3.28. The first-order valence-electron chi connectivity index (χ1n) is 5.96. The summed E-state index contributed by atoms with van der Waals surface area (Å²) in [6.45, 7) is 2.38. The molecule has 1 aromatic rings.